The van der Waals surface area contributed by atoms with Crippen LogP contribution < -0.4 is 4.74 Å². The smallest absolute Gasteiger partial charge is 0.155 e. The highest BCUT2D eigenvalue weighted by Gasteiger charge is 2.19. The molecule has 0 saturated carbocycles. The maximum absolute atomic E-state index is 12.2. The summed E-state index contributed by atoms with van der Waals surface area (Å²) in [6.07, 6.45) is 2.38. The summed E-state index contributed by atoms with van der Waals surface area (Å²) < 4.78 is 25.6. The van der Waals surface area contributed by atoms with E-state index in [1.54, 1.807) is 20.5 Å². The van der Waals surface area contributed by atoms with E-state index in [0.29, 0.717) is 25.5 Å². The van der Waals surface area contributed by atoms with Gasteiger partial charge in [-0.15, -0.1) is 0 Å². The van der Waals surface area contributed by atoms with E-state index < -0.39 is 11.2 Å². The van der Waals surface area contributed by atoms with Crippen molar-refractivity contribution in [2.45, 2.75) is 37.6 Å². The molecule has 0 spiro atoms. The Labute approximate surface area is 204 Å². The average molecular weight is 477 g/mol. The van der Waals surface area contributed by atoms with E-state index in [-0.39, 0.29) is 0 Å². The van der Waals surface area contributed by atoms with Gasteiger partial charge in [0.25, 0.3) is 0 Å². The second-order valence-electron chi connectivity index (χ2n) is 8.76. The monoisotopic (exact) mass is 476 g/mol. The largest absolute Gasteiger partial charge is 0.612 e. The molecule has 1 atom stereocenters. The van der Waals surface area contributed by atoms with E-state index in [4.69, 9.17) is 14.5 Å². The summed E-state index contributed by atoms with van der Waals surface area (Å²) in [4.78, 5) is 5.91. The summed E-state index contributed by atoms with van der Waals surface area (Å²) in [6.45, 7) is 5.63. The predicted octanol–water partition coefficient (Wildman–Crippen LogP) is 5.81. The Morgan fingerprint density at radius 1 is 1.03 bits per heavy atom. The molecule has 34 heavy (non-hydrogen) atoms. The second-order valence-corrected chi connectivity index (χ2v) is 10.1. The van der Waals surface area contributed by atoms with Gasteiger partial charge in [0.05, 0.1) is 19.2 Å². The van der Waals surface area contributed by atoms with Crippen LogP contribution in [0.5, 0.6) is 5.75 Å². The van der Waals surface area contributed by atoms with Crippen molar-refractivity contribution in [1.29, 1.82) is 0 Å². The summed E-state index contributed by atoms with van der Waals surface area (Å²) in [5.74, 6) is 2.15. The molecule has 0 bridgehead atoms. The number of fused-ring (bicyclic) bond motifs is 1. The molecule has 1 heterocycles. The van der Waals surface area contributed by atoms with Gasteiger partial charge < -0.3 is 18.6 Å². The van der Waals surface area contributed by atoms with Gasteiger partial charge in [-0.05, 0) is 46.4 Å². The van der Waals surface area contributed by atoms with Crippen LogP contribution in [-0.2, 0) is 28.9 Å². The van der Waals surface area contributed by atoms with Gasteiger partial charge in [-0.3, -0.25) is 0 Å². The van der Waals surface area contributed by atoms with Crippen molar-refractivity contribution in [3.63, 3.8) is 0 Å². The molecule has 0 saturated heterocycles. The second kappa shape index (κ2) is 10.6. The third-order valence-electron chi connectivity index (χ3n) is 6.12. The van der Waals surface area contributed by atoms with Crippen molar-refractivity contribution in [2.75, 3.05) is 27.1 Å². The fraction of sp³-hybridized carbons (Fsp3) is 0.321. The minimum Gasteiger partial charge on any atom is -0.612 e. The van der Waals surface area contributed by atoms with Crippen LogP contribution in [0.4, 0.5) is 0 Å². The summed E-state index contributed by atoms with van der Waals surface area (Å²) >= 11 is -1.05. The molecule has 0 aliphatic heterocycles. The molecule has 0 amide bonds. The fourth-order valence-corrected chi connectivity index (χ4v) is 5.11. The van der Waals surface area contributed by atoms with Gasteiger partial charge in [-0.25, -0.2) is 4.98 Å². The maximum Gasteiger partial charge on any atom is 0.155 e. The lowest BCUT2D eigenvalue weighted by atomic mass is 10.0. The Kier molecular flexibility index (Phi) is 7.61. The lowest BCUT2D eigenvalue weighted by molar-refractivity contribution is 0.188. The van der Waals surface area contributed by atoms with Gasteiger partial charge in [0.1, 0.15) is 23.3 Å². The van der Waals surface area contributed by atoms with E-state index in [1.807, 2.05) is 24.3 Å². The van der Waals surface area contributed by atoms with E-state index in [1.165, 1.54) is 5.56 Å². The Morgan fingerprint density at radius 3 is 2.41 bits per heavy atom. The Bertz CT molecular complexity index is 1260. The molecule has 3 aromatic carbocycles. The molecule has 1 unspecified atom stereocenters. The number of imidazole rings is 1. The zero-order valence-electron chi connectivity index (χ0n) is 20.5. The van der Waals surface area contributed by atoms with Gasteiger partial charge in [0, 0.05) is 31.2 Å². The first kappa shape index (κ1) is 24.3. The van der Waals surface area contributed by atoms with Crippen LogP contribution in [0, 0.1) is 0 Å². The highest BCUT2D eigenvalue weighted by molar-refractivity contribution is 7.90. The van der Waals surface area contributed by atoms with E-state index >= 15 is 0 Å². The number of ether oxygens (including phenoxy) is 2. The zero-order chi connectivity index (χ0) is 24.2. The summed E-state index contributed by atoms with van der Waals surface area (Å²) in [6, 6.07) is 20.7. The average Bonchev–Trinajstić information content (AvgIpc) is 3.20. The highest BCUT2D eigenvalue weighted by Crippen LogP contribution is 2.34. The SMILES string of the molecule is COCCn1c(-c2ccc(C(C)C)cc2)nc2cc(Cc3ccccc3[S+](C)[O-])cc(OC)c21. The molecular weight excluding hydrogens is 444 g/mol. The van der Waals surface area contributed by atoms with Crippen molar-refractivity contribution < 1.29 is 14.0 Å². The number of aromatic nitrogens is 2. The number of hydrogen-bond acceptors (Lipinski definition) is 4. The number of rotatable bonds is 9. The van der Waals surface area contributed by atoms with Crippen LogP contribution in [0.3, 0.4) is 0 Å². The van der Waals surface area contributed by atoms with E-state index in [9.17, 15) is 4.55 Å². The van der Waals surface area contributed by atoms with Crippen LogP contribution in [0.15, 0.2) is 65.6 Å². The number of methoxy groups -OCH3 is 2. The molecule has 1 aromatic heterocycles. The lowest BCUT2D eigenvalue weighted by Crippen LogP contribution is -2.07. The topological polar surface area (TPSA) is 59.3 Å². The molecular formula is C28H32N2O3S. The van der Waals surface area contributed by atoms with Gasteiger partial charge >= 0.3 is 0 Å². The standard InChI is InChI=1S/C28H32N2O3S/c1-19(2)21-10-12-22(13-11-21)28-29-24-17-20(16-23-8-6-7-9-26(23)34(5)31)18-25(33-4)27(24)30(28)14-15-32-3/h6-13,17-19H,14-16H2,1-5H3. The first-order valence-corrected chi connectivity index (χ1v) is 13.1. The van der Waals surface area contributed by atoms with Crippen LogP contribution in [0.1, 0.15) is 36.5 Å². The fourth-order valence-electron chi connectivity index (χ4n) is 4.33. The Balaban J connectivity index is 1.83. The Hall–Kier alpha value is -2.80. The molecule has 178 valence electrons. The third kappa shape index (κ3) is 4.99. The minimum atomic E-state index is -1.05. The quantitative estimate of drug-likeness (QED) is 0.286. The number of benzene rings is 3. The molecule has 0 aliphatic carbocycles. The molecule has 4 rings (SSSR count). The molecule has 4 aromatic rings. The summed E-state index contributed by atoms with van der Waals surface area (Å²) in [5, 5.41) is 0. The van der Waals surface area contributed by atoms with Crippen LogP contribution in [0.25, 0.3) is 22.4 Å². The third-order valence-corrected chi connectivity index (χ3v) is 7.14. The first-order valence-electron chi connectivity index (χ1n) is 11.5. The molecule has 0 radical (unpaired) electrons. The molecule has 5 nitrogen and oxygen atoms in total. The molecule has 0 aliphatic rings. The summed E-state index contributed by atoms with van der Waals surface area (Å²) in [5.41, 5.74) is 6.32. The lowest BCUT2D eigenvalue weighted by Gasteiger charge is -2.13. The molecule has 6 heteroatoms. The Morgan fingerprint density at radius 2 is 1.76 bits per heavy atom. The van der Waals surface area contributed by atoms with Crippen molar-refractivity contribution in [3.8, 4) is 17.1 Å². The van der Waals surface area contributed by atoms with Crippen molar-refractivity contribution in [1.82, 2.24) is 9.55 Å². The van der Waals surface area contributed by atoms with Crippen LogP contribution >= 0.6 is 0 Å². The number of hydrogen-bond donors (Lipinski definition) is 0. The van der Waals surface area contributed by atoms with Crippen molar-refractivity contribution in [3.05, 3.63) is 77.4 Å². The predicted molar refractivity (Wildman–Crippen MR) is 139 cm³/mol. The minimum absolute atomic E-state index is 0.476. The molecule has 0 fully saturated rings. The maximum atomic E-state index is 12.2. The van der Waals surface area contributed by atoms with E-state index in [2.05, 4.69) is 54.8 Å². The van der Waals surface area contributed by atoms with Gasteiger partial charge in [0.15, 0.2) is 4.90 Å². The van der Waals surface area contributed by atoms with Crippen LogP contribution in [0.2, 0.25) is 0 Å². The van der Waals surface area contributed by atoms with Crippen LogP contribution in [-0.4, -0.2) is 41.2 Å². The zero-order valence-corrected chi connectivity index (χ0v) is 21.3. The first-order chi connectivity index (χ1) is 16.4. The van der Waals surface area contributed by atoms with Crippen molar-refractivity contribution >= 4 is 22.2 Å². The van der Waals surface area contributed by atoms with Gasteiger partial charge in [0.2, 0.25) is 0 Å². The normalized spacial score (nSPS) is 12.4. The van der Waals surface area contributed by atoms with Gasteiger partial charge in [-0.2, -0.15) is 0 Å². The highest BCUT2D eigenvalue weighted by atomic mass is 32.2. The van der Waals surface area contributed by atoms with Crippen molar-refractivity contribution in [2.24, 2.45) is 0 Å². The molecule has 0 N–H and O–H groups in total. The number of nitrogens with zero attached hydrogens (tertiary/aromatic N) is 2. The van der Waals surface area contributed by atoms with E-state index in [0.717, 1.165) is 44.2 Å². The summed E-state index contributed by atoms with van der Waals surface area (Å²) in [7, 11) is 3.40. The van der Waals surface area contributed by atoms with Gasteiger partial charge in [-0.1, -0.05) is 56.3 Å².